The number of carbonyl (C=O) groups is 1. The second-order valence-corrected chi connectivity index (χ2v) is 5.36. The zero-order valence-corrected chi connectivity index (χ0v) is 12.8. The minimum atomic E-state index is -4.48. The first-order valence-electron chi connectivity index (χ1n) is 6.98. The van der Waals surface area contributed by atoms with Crippen LogP contribution in [0.2, 0.25) is 0 Å². The van der Waals surface area contributed by atoms with E-state index in [2.05, 4.69) is 5.32 Å². The third-order valence-corrected chi connectivity index (χ3v) is 3.27. The van der Waals surface area contributed by atoms with Gasteiger partial charge in [0.05, 0.1) is 11.6 Å². The largest absolute Gasteiger partial charge is 0.491 e. The van der Waals surface area contributed by atoms with Gasteiger partial charge in [0.25, 0.3) is 0 Å². The molecule has 22 heavy (non-hydrogen) atoms. The van der Waals surface area contributed by atoms with Gasteiger partial charge in [-0.1, -0.05) is 19.1 Å². The van der Waals surface area contributed by atoms with Crippen molar-refractivity contribution in [2.45, 2.75) is 39.0 Å². The van der Waals surface area contributed by atoms with Crippen LogP contribution < -0.4 is 15.8 Å². The molecule has 1 aromatic carbocycles. The van der Waals surface area contributed by atoms with Crippen molar-refractivity contribution in [1.29, 1.82) is 0 Å². The number of carbonyl (C=O) groups excluding carboxylic acids is 1. The quantitative estimate of drug-likeness (QED) is 0.847. The van der Waals surface area contributed by atoms with Crippen LogP contribution in [0.25, 0.3) is 0 Å². The van der Waals surface area contributed by atoms with Gasteiger partial charge >= 0.3 is 6.18 Å². The summed E-state index contributed by atoms with van der Waals surface area (Å²) in [5.41, 5.74) is 4.79. The molecule has 7 heteroatoms. The van der Waals surface area contributed by atoms with Gasteiger partial charge in [-0.2, -0.15) is 13.2 Å². The van der Waals surface area contributed by atoms with Gasteiger partial charge in [-0.25, -0.2) is 0 Å². The van der Waals surface area contributed by atoms with Crippen molar-refractivity contribution in [3.8, 4) is 5.75 Å². The van der Waals surface area contributed by atoms with Gasteiger partial charge in [-0.15, -0.1) is 0 Å². The first-order chi connectivity index (χ1) is 10.1. The molecule has 0 bridgehead atoms. The number of hydrogen-bond acceptors (Lipinski definition) is 3. The van der Waals surface area contributed by atoms with Gasteiger partial charge in [-0.05, 0) is 26.0 Å². The van der Waals surface area contributed by atoms with Crippen LogP contribution in [0.1, 0.15) is 26.3 Å². The van der Waals surface area contributed by atoms with E-state index in [0.29, 0.717) is 0 Å². The Morgan fingerprint density at radius 2 is 1.86 bits per heavy atom. The maximum atomic E-state index is 12.8. The normalized spacial score (nSPS) is 15.8. The molecular formula is C15H21F3N2O2. The zero-order chi connectivity index (χ0) is 16.9. The van der Waals surface area contributed by atoms with Gasteiger partial charge in [0.2, 0.25) is 5.91 Å². The molecule has 3 atom stereocenters. The third-order valence-electron chi connectivity index (χ3n) is 3.27. The summed E-state index contributed by atoms with van der Waals surface area (Å²) in [6.07, 6.45) is -4.48. The highest BCUT2D eigenvalue weighted by molar-refractivity contribution is 5.79. The lowest BCUT2D eigenvalue weighted by Crippen LogP contribution is -2.44. The van der Waals surface area contributed by atoms with Crippen LogP contribution in [-0.4, -0.2) is 24.6 Å². The summed E-state index contributed by atoms with van der Waals surface area (Å²) in [6.45, 7) is 4.99. The average Bonchev–Trinajstić information content (AvgIpc) is 2.43. The molecule has 3 N–H and O–H groups in total. The van der Waals surface area contributed by atoms with Gasteiger partial charge in [0, 0.05) is 12.0 Å². The van der Waals surface area contributed by atoms with Crippen molar-refractivity contribution in [2.75, 3.05) is 6.61 Å². The van der Waals surface area contributed by atoms with Crippen LogP contribution in [0.4, 0.5) is 13.2 Å². The first kappa shape index (κ1) is 18.3. The molecule has 4 nitrogen and oxygen atoms in total. The number of ether oxygens (including phenoxy) is 1. The highest BCUT2D eigenvalue weighted by atomic mass is 19.4. The molecule has 0 aliphatic carbocycles. The minimum absolute atomic E-state index is 0.0650. The van der Waals surface area contributed by atoms with E-state index in [0.717, 1.165) is 6.07 Å². The molecule has 1 rings (SSSR count). The van der Waals surface area contributed by atoms with E-state index >= 15 is 0 Å². The minimum Gasteiger partial charge on any atom is -0.491 e. The summed E-state index contributed by atoms with van der Waals surface area (Å²) in [4.78, 5) is 11.8. The number of nitrogens with one attached hydrogen (secondary N) is 1. The zero-order valence-electron chi connectivity index (χ0n) is 12.8. The predicted octanol–water partition coefficient (Wildman–Crippen LogP) is 2.57. The smallest absolute Gasteiger partial charge is 0.419 e. The van der Waals surface area contributed by atoms with Crippen LogP contribution >= 0.6 is 0 Å². The van der Waals surface area contributed by atoms with Crippen molar-refractivity contribution in [1.82, 2.24) is 5.32 Å². The van der Waals surface area contributed by atoms with E-state index in [-0.39, 0.29) is 30.2 Å². The SMILES string of the molecule is CC(COc1ccccc1C(F)(F)F)NC(=O)C(C)C(C)N. The van der Waals surface area contributed by atoms with E-state index in [9.17, 15) is 18.0 Å². The maximum absolute atomic E-state index is 12.8. The topological polar surface area (TPSA) is 64.3 Å². The number of amides is 1. The van der Waals surface area contributed by atoms with Gasteiger partial charge in [0.1, 0.15) is 12.4 Å². The fraction of sp³-hybridized carbons (Fsp3) is 0.533. The van der Waals surface area contributed by atoms with E-state index in [1.807, 2.05) is 0 Å². The van der Waals surface area contributed by atoms with Gasteiger partial charge in [0.15, 0.2) is 0 Å². The summed E-state index contributed by atoms with van der Waals surface area (Å²) in [5.74, 6) is -0.892. The molecule has 3 unspecified atom stereocenters. The van der Waals surface area contributed by atoms with Crippen molar-refractivity contribution >= 4 is 5.91 Å². The number of rotatable bonds is 6. The Labute approximate surface area is 127 Å². The number of para-hydroxylation sites is 1. The fourth-order valence-corrected chi connectivity index (χ4v) is 1.70. The van der Waals surface area contributed by atoms with E-state index < -0.39 is 17.8 Å². The van der Waals surface area contributed by atoms with Crippen LogP contribution in [-0.2, 0) is 11.0 Å². The molecule has 0 fully saturated rings. The number of nitrogens with two attached hydrogens (primary N) is 1. The fourth-order valence-electron chi connectivity index (χ4n) is 1.70. The lowest BCUT2D eigenvalue weighted by molar-refractivity contribution is -0.139. The van der Waals surface area contributed by atoms with Crippen LogP contribution in [0, 0.1) is 5.92 Å². The Bertz CT molecular complexity index is 504. The Balaban J connectivity index is 2.62. The van der Waals surface area contributed by atoms with Crippen molar-refractivity contribution in [3.63, 3.8) is 0 Å². The molecular weight excluding hydrogens is 297 g/mol. The summed E-state index contributed by atoms with van der Waals surface area (Å²) in [7, 11) is 0. The Morgan fingerprint density at radius 1 is 1.27 bits per heavy atom. The molecule has 0 aliphatic heterocycles. The summed E-state index contributed by atoms with van der Waals surface area (Å²) in [6, 6.07) is 4.23. The highest BCUT2D eigenvalue weighted by Crippen LogP contribution is 2.35. The third kappa shape index (κ3) is 5.22. The predicted molar refractivity (Wildman–Crippen MR) is 77.4 cm³/mol. The van der Waals surface area contributed by atoms with Crippen LogP contribution in [0.3, 0.4) is 0 Å². The molecule has 0 heterocycles. The molecule has 1 amide bonds. The summed E-state index contributed by atoms with van der Waals surface area (Å²) < 4.78 is 43.6. The van der Waals surface area contributed by atoms with Gasteiger partial charge < -0.3 is 15.8 Å². The van der Waals surface area contributed by atoms with Crippen molar-refractivity contribution in [2.24, 2.45) is 11.7 Å². The Hall–Kier alpha value is -1.76. The van der Waals surface area contributed by atoms with Gasteiger partial charge in [-0.3, -0.25) is 4.79 Å². The maximum Gasteiger partial charge on any atom is 0.419 e. The molecule has 0 saturated carbocycles. The number of benzene rings is 1. The van der Waals surface area contributed by atoms with E-state index in [1.54, 1.807) is 20.8 Å². The van der Waals surface area contributed by atoms with Crippen LogP contribution in [0.5, 0.6) is 5.75 Å². The molecule has 0 spiro atoms. The van der Waals surface area contributed by atoms with Crippen LogP contribution in [0.15, 0.2) is 24.3 Å². The van der Waals surface area contributed by atoms with E-state index in [1.165, 1.54) is 18.2 Å². The highest BCUT2D eigenvalue weighted by Gasteiger charge is 2.34. The lowest BCUT2D eigenvalue weighted by atomic mass is 10.0. The number of hydrogen-bond donors (Lipinski definition) is 2. The molecule has 1 aromatic rings. The molecule has 0 radical (unpaired) electrons. The average molecular weight is 318 g/mol. The number of halogens is 3. The van der Waals surface area contributed by atoms with Crippen molar-refractivity contribution < 1.29 is 22.7 Å². The standard InChI is InChI=1S/C15H21F3N2O2/c1-9(20-14(21)10(2)11(3)19)8-22-13-7-5-4-6-12(13)15(16,17)18/h4-7,9-11H,8,19H2,1-3H3,(H,20,21). The molecule has 0 saturated heterocycles. The lowest BCUT2D eigenvalue weighted by Gasteiger charge is -2.21. The molecule has 0 aromatic heterocycles. The van der Waals surface area contributed by atoms with Crippen molar-refractivity contribution in [3.05, 3.63) is 29.8 Å². The summed E-state index contributed by atoms with van der Waals surface area (Å²) >= 11 is 0. The monoisotopic (exact) mass is 318 g/mol. The summed E-state index contributed by atoms with van der Waals surface area (Å²) in [5, 5.41) is 2.66. The molecule has 124 valence electrons. The Kier molecular flexibility index (Phi) is 6.22. The second-order valence-electron chi connectivity index (χ2n) is 5.36. The second kappa shape index (κ2) is 7.49. The Morgan fingerprint density at radius 3 is 2.41 bits per heavy atom. The molecule has 0 aliphatic rings. The van der Waals surface area contributed by atoms with E-state index in [4.69, 9.17) is 10.5 Å². The number of alkyl halides is 3. The first-order valence-corrected chi connectivity index (χ1v) is 6.98.